The molecule has 1 rings (SSSR count). The fourth-order valence-corrected chi connectivity index (χ4v) is 1.34. The van der Waals surface area contributed by atoms with Crippen LogP contribution in [0.2, 0.25) is 0 Å². The Hall–Kier alpha value is -1.55. The van der Waals surface area contributed by atoms with Gasteiger partial charge in [-0.25, -0.2) is 0 Å². The number of aliphatic hydroxyl groups is 1. The summed E-state index contributed by atoms with van der Waals surface area (Å²) >= 11 is 0. The zero-order chi connectivity index (χ0) is 12.0. The summed E-state index contributed by atoms with van der Waals surface area (Å²) in [5.74, 6) is 0.635. The molecule has 0 aliphatic carbocycles. The standard InChI is InChI=1S/C12H17NO3/c1-9(8-14)13-12(15)7-10-4-3-5-11(6-10)16-2/h3-6,9,14H,7-8H2,1-2H3,(H,13,15)/t9-/m1/s1. The normalized spacial score (nSPS) is 11.9. The molecule has 4 nitrogen and oxygen atoms in total. The average molecular weight is 223 g/mol. The minimum Gasteiger partial charge on any atom is -0.497 e. The highest BCUT2D eigenvalue weighted by molar-refractivity contribution is 5.78. The molecule has 88 valence electrons. The highest BCUT2D eigenvalue weighted by atomic mass is 16.5. The van der Waals surface area contributed by atoms with E-state index in [0.29, 0.717) is 6.42 Å². The topological polar surface area (TPSA) is 58.6 Å². The van der Waals surface area contributed by atoms with Crippen molar-refractivity contribution in [2.24, 2.45) is 0 Å². The Labute approximate surface area is 95.2 Å². The number of carbonyl (C=O) groups is 1. The maximum absolute atomic E-state index is 11.5. The first-order valence-corrected chi connectivity index (χ1v) is 5.19. The highest BCUT2D eigenvalue weighted by Gasteiger charge is 2.07. The van der Waals surface area contributed by atoms with E-state index >= 15 is 0 Å². The Bertz CT molecular complexity index is 352. The van der Waals surface area contributed by atoms with Crippen molar-refractivity contribution in [3.63, 3.8) is 0 Å². The van der Waals surface area contributed by atoms with Crippen molar-refractivity contribution < 1.29 is 14.6 Å². The van der Waals surface area contributed by atoms with Gasteiger partial charge in [-0.15, -0.1) is 0 Å². The van der Waals surface area contributed by atoms with Gasteiger partial charge in [-0.1, -0.05) is 12.1 Å². The predicted molar refractivity (Wildman–Crippen MR) is 61.4 cm³/mol. The molecule has 0 bridgehead atoms. The molecule has 0 heterocycles. The molecule has 0 aliphatic rings. The molecule has 4 heteroatoms. The number of amides is 1. The fourth-order valence-electron chi connectivity index (χ4n) is 1.34. The zero-order valence-corrected chi connectivity index (χ0v) is 9.56. The molecule has 0 aromatic heterocycles. The smallest absolute Gasteiger partial charge is 0.224 e. The number of ether oxygens (including phenoxy) is 1. The maximum atomic E-state index is 11.5. The third-order valence-corrected chi connectivity index (χ3v) is 2.18. The second-order valence-electron chi connectivity index (χ2n) is 3.68. The quantitative estimate of drug-likeness (QED) is 0.774. The van der Waals surface area contributed by atoms with Crippen molar-refractivity contribution in [3.8, 4) is 5.75 Å². The summed E-state index contributed by atoms with van der Waals surface area (Å²) in [6, 6.07) is 7.15. The molecule has 1 aromatic carbocycles. The number of rotatable bonds is 5. The molecule has 0 aliphatic heterocycles. The van der Waals surface area contributed by atoms with Gasteiger partial charge in [-0.3, -0.25) is 4.79 Å². The van der Waals surface area contributed by atoms with Crippen LogP contribution in [0.1, 0.15) is 12.5 Å². The summed E-state index contributed by atoms with van der Waals surface area (Å²) in [4.78, 5) is 11.5. The molecule has 1 amide bonds. The van der Waals surface area contributed by atoms with Crippen LogP contribution in [0.25, 0.3) is 0 Å². The summed E-state index contributed by atoms with van der Waals surface area (Å²) in [6.07, 6.45) is 0.293. The number of nitrogens with one attached hydrogen (secondary N) is 1. The first-order valence-electron chi connectivity index (χ1n) is 5.19. The Morgan fingerprint density at radius 3 is 2.94 bits per heavy atom. The summed E-state index contributed by atoms with van der Waals surface area (Å²) in [5.41, 5.74) is 0.891. The molecule has 0 fully saturated rings. The Morgan fingerprint density at radius 2 is 2.31 bits per heavy atom. The molecular formula is C12H17NO3. The van der Waals surface area contributed by atoms with Gasteiger partial charge in [-0.2, -0.15) is 0 Å². The van der Waals surface area contributed by atoms with Crippen LogP contribution in [0.5, 0.6) is 5.75 Å². The Balaban J connectivity index is 2.55. The highest BCUT2D eigenvalue weighted by Crippen LogP contribution is 2.12. The van der Waals surface area contributed by atoms with Gasteiger partial charge in [0.05, 0.1) is 20.1 Å². The number of benzene rings is 1. The van der Waals surface area contributed by atoms with E-state index in [4.69, 9.17) is 9.84 Å². The second-order valence-corrected chi connectivity index (χ2v) is 3.68. The first kappa shape index (κ1) is 12.5. The van der Waals surface area contributed by atoms with Gasteiger partial charge < -0.3 is 15.2 Å². The van der Waals surface area contributed by atoms with Crippen LogP contribution in [-0.4, -0.2) is 30.8 Å². The van der Waals surface area contributed by atoms with E-state index in [1.807, 2.05) is 24.3 Å². The molecule has 0 unspecified atom stereocenters. The van der Waals surface area contributed by atoms with Gasteiger partial charge in [0.1, 0.15) is 5.75 Å². The number of methoxy groups -OCH3 is 1. The third kappa shape index (κ3) is 3.90. The summed E-state index contributed by atoms with van der Waals surface area (Å²) < 4.78 is 5.07. The second kappa shape index (κ2) is 6.12. The fraction of sp³-hybridized carbons (Fsp3) is 0.417. The van der Waals surface area contributed by atoms with Gasteiger partial charge in [-0.05, 0) is 24.6 Å². The number of aliphatic hydroxyl groups excluding tert-OH is 1. The SMILES string of the molecule is COc1cccc(CC(=O)N[C@H](C)CO)c1. The molecule has 16 heavy (non-hydrogen) atoms. The Kier molecular flexibility index (Phi) is 4.79. The molecule has 2 N–H and O–H groups in total. The molecule has 0 saturated carbocycles. The average Bonchev–Trinajstić information content (AvgIpc) is 2.28. The lowest BCUT2D eigenvalue weighted by Crippen LogP contribution is -2.35. The monoisotopic (exact) mass is 223 g/mol. The van der Waals surface area contributed by atoms with Crippen LogP contribution in [0.4, 0.5) is 0 Å². The summed E-state index contributed by atoms with van der Waals surface area (Å²) in [5, 5.41) is 11.5. The van der Waals surface area contributed by atoms with Crippen LogP contribution in [0.15, 0.2) is 24.3 Å². The first-order chi connectivity index (χ1) is 7.65. The lowest BCUT2D eigenvalue weighted by Gasteiger charge is -2.10. The van der Waals surface area contributed by atoms with E-state index in [2.05, 4.69) is 5.32 Å². The maximum Gasteiger partial charge on any atom is 0.224 e. The van der Waals surface area contributed by atoms with Gasteiger partial charge in [0.25, 0.3) is 0 Å². The van der Waals surface area contributed by atoms with E-state index in [-0.39, 0.29) is 18.6 Å². The molecule has 1 atom stereocenters. The molecule has 0 spiro atoms. The number of carbonyl (C=O) groups excluding carboxylic acids is 1. The van der Waals surface area contributed by atoms with E-state index in [1.165, 1.54) is 0 Å². The number of hydrogen-bond acceptors (Lipinski definition) is 3. The van der Waals surface area contributed by atoms with Crippen molar-refractivity contribution in [1.29, 1.82) is 0 Å². The zero-order valence-electron chi connectivity index (χ0n) is 9.56. The number of hydrogen-bond donors (Lipinski definition) is 2. The molecule has 1 aromatic rings. The van der Waals surface area contributed by atoms with Crippen molar-refractivity contribution in [2.75, 3.05) is 13.7 Å². The minimum absolute atomic E-state index is 0.0517. The molecule has 0 saturated heterocycles. The van der Waals surface area contributed by atoms with Gasteiger partial charge in [0.2, 0.25) is 5.91 Å². The lowest BCUT2D eigenvalue weighted by molar-refractivity contribution is -0.121. The third-order valence-electron chi connectivity index (χ3n) is 2.18. The van der Waals surface area contributed by atoms with E-state index in [1.54, 1.807) is 14.0 Å². The van der Waals surface area contributed by atoms with Crippen LogP contribution in [0, 0.1) is 0 Å². The van der Waals surface area contributed by atoms with Gasteiger partial charge in [0, 0.05) is 6.04 Å². The van der Waals surface area contributed by atoms with Crippen LogP contribution < -0.4 is 10.1 Å². The lowest BCUT2D eigenvalue weighted by atomic mass is 10.1. The van der Waals surface area contributed by atoms with Crippen molar-refractivity contribution in [2.45, 2.75) is 19.4 Å². The van der Waals surface area contributed by atoms with Crippen LogP contribution in [-0.2, 0) is 11.2 Å². The molecular weight excluding hydrogens is 206 g/mol. The Morgan fingerprint density at radius 1 is 1.56 bits per heavy atom. The van der Waals surface area contributed by atoms with Gasteiger partial charge >= 0.3 is 0 Å². The van der Waals surface area contributed by atoms with Gasteiger partial charge in [0.15, 0.2) is 0 Å². The van der Waals surface area contributed by atoms with E-state index in [0.717, 1.165) is 11.3 Å². The summed E-state index contributed by atoms with van der Waals surface area (Å²) in [6.45, 7) is 1.70. The predicted octanol–water partition coefficient (Wildman–Crippen LogP) is 0.735. The van der Waals surface area contributed by atoms with Crippen LogP contribution in [0.3, 0.4) is 0 Å². The summed E-state index contributed by atoms with van der Waals surface area (Å²) in [7, 11) is 1.59. The van der Waals surface area contributed by atoms with Crippen LogP contribution >= 0.6 is 0 Å². The molecule has 0 radical (unpaired) electrons. The van der Waals surface area contributed by atoms with E-state index in [9.17, 15) is 4.79 Å². The van der Waals surface area contributed by atoms with Crippen molar-refractivity contribution >= 4 is 5.91 Å². The largest absolute Gasteiger partial charge is 0.497 e. The van der Waals surface area contributed by atoms with Crippen molar-refractivity contribution in [1.82, 2.24) is 5.32 Å². The minimum atomic E-state index is -0.210. The van der Waals surface area contributed by atoms with Crippen molar-refractivity contribution in [3.05, 3.63) is 29.8 Å². The van der Waals surface area contributed by atoms with E-state index < -0.39 is 0 Å².